The number of ether oxygens (including phenoxy) is 1. The third-order valence-corrected chi connectivity index (χ3v) is 4.75. The number of carboxylic acids is 1. The smallest absolute Gasteiger partial charge is 0.317 e. The van der Waals surface area contributed by atoms with Crippen molar-refractivity contribution in [2.45, 2.75) is 26.2 Å². The zero-order valence-corrected chi connectivity index (χ0v) is 12.4. The van der Waals surface area contributed by atoms with Crippen LogP contribution < -0.4 is 5.32 Å². The molecule has 0 aromatic heterocycles. The molecule has 118 valence electrons. The number of urea groups is 1. The monoisotopic (exact) mass is 298 g/mol. The fourth-order valence-corrected chi connectivity index (χ4v) is 3.02. The van der Waals surface area contributed by atoms with Gasteiger partial charge >= 0.3 is 18.0 Å². The van der Waals surface area contributed by atoms with E-state index < -0.39 is 11.4 Å². The van der Waals surface area contributed by atoms with Crippen molar-refractivity contribution in [2.75, 3.05) is 26.7 Å². The SMILES string of the molecule is COC(=O)C1CN(C(=O)NCC2(C(=O)O)CCC2)CC1C. The topological polar surface area (TPSA) is 95.9 Å². The van der Waals surface area contributed by atoms with E-state index in [0.29, 0.717) is 25.9 Å². The van der Waals surface area contributed by atoms with Crippen LogP contribution >= 0.6 is 0 Å². The zero-order chi connectivity index (χ0) is 15.6. The Hall–Kier alpha value is -1.79. The second kappa shape index (κ2) is 5.91. The Kier molecular flexibility index (Phi) is 4.39. The van der Waals surface area contributed by atoms with Gasteiger partial charge in [0, 0.05) is 19.6 Å². The van der Waals surface area contributed by atoms with Crippen molar-refractivity contribution in [3.05, 3.63) is 0 Å². The van der Waals surface area contributed by atoms with E-state index in [1.54, 1.807) is 4.90 Å². The number of esters is 1. The molecule has 2 atom stereocenters. The number of carbonyl (C=O) groups is 3. The molecule has 0 radical (unpaired) electrons. The maximum atomic E-state index is 12.1. The minimum atomic E-state index is -0.851. The molecule has 21 heavy (non-hydrogen) atoms. The Labute approximate surface area is 123 Å². The molecule has 2 unspecified atom stereocenters. The zero-order valence-electron chi connectivity index (χ0n) is 12.4. The van der Waals surface area contributed by atoms with Crippen molar-refractivity contribution in [1.82, 2.24) is 10.2 Å². The summed E-state index contributed by atoms with van der Waals surface area (Å²) in [6.07, 6.45) is 2.08. The van der Waals surface area contributed by atoms with E-state index in [9.17, 15) is 19.5 Å². The van der Waals surface area contributed by atoms with Gasteiger partial charge in [-0.2, -0.15) is 0 Å². The van der Waals surface area contributed by atoms with Crippen LogP contribution in [0.2, 0.25) is 0 Å². The molecule has 1 aliphatic carbocycles. The molecule has 0 aromatic carbocycles. The summed E-state index contributed by atoms with van der Waals surface area (Å²) in [6, 6.07) is -0.305. The van der Waals surface area contributed by atoms with Crippen molar-refractivity contribution in [3.8, 4) is 0 Å². The molecule has 0 spiro atoms. The molecule has 2 N–H and O–H groups in total. The van der Waals surface area contributed by atoms with Gasteiger partial charge in [-0.3, -0.25) is 9.59 Å². The summed E-state index contributed by atoms with van der Waals surface area (Å²) in [7, 11) is 1.34. The fourth-order valence-electron chi connectivity index (χ4n) is 3.02. The highest BCUT2D eigenvalue weighted by Gasteiger charge is 2.45. The lowest BCUT2D eigenvalue weighted by Gasteiger charge is -2.37. The van der Waals surface area contributed by atoms with E-state index in [2.05, 4.69) is 5.32 Å². The Morgan fingerprint density at radius 1 is 1.33 bits per heavy atom. The van der Waals surface area contributed by atoms with Crippen LogP contribution in [0.5, 0.6) is 0 Å². The number of hydrogen-bond acceptors (Lipinski definition) is 4. The Morgan fingerprint density at radius 3 is 2.48 bits per heavy atom. The van der Waals surface area contributed by atoms with Gasteiger partial charge in [0.2, 0.25) is 0 Å². The van der Waals surface area contributed by atoms with Gasteiger partial charge in [0.05, 0.1) is 18.4 Å². The van der Waals surface area contributed by atoms with Gasteiger partial charge in [-0.1, -0.05) is 13.3 Å². The number of hydrogen-bond donors (Lipinski definition) is 2. The van der Waals surface area contributed by atoms with Gasteiger partial charge < -0.3 is 20.1 Å². The molecular formula is C14H22N2O5. The standard InChI is InChI=1S/C14H22N2O5/c1-9-6-16(7-10(9)11(17)21-2)13(20)15-8-14(12(18)19)4-3-5-14/h9-10H,3-8H2,1-2H3,(H,15,20)(H,18,19). The first kappa shape index (κ1) is 15.6. The van der Waals surface area contributed by atoms with Gasteiger partial charge in [0.25, 0.3) is 0 Å². The minimum Gasteiger partial charge on any atom is -0.481 e. The van der Waals surface area contributed by atoms with Crippen molar-refractivity contribution >= 4 is 18.0 Å². The minimum absolute atomic E-state index is 0.0420. The average Bonchev–Trinajstić information content (AvgIpc) is 2.78. The van der Waals surface area contributed by atoms with Gasteiger partial charge in [0.15, 0.2) is 0 Å². The molecule has 2 aliphatic rings. The lowest BCUT2D eigenvalue weighted by atomic mass is 9.69. The fraction of sp³-hybridized carbons (Fsp3) is 0.786. The predicted octanol–water partition coefficient (Wildman–Crippen LogP) is 0.692. The van der Waals surface area contributed by atoms with Gasteiger partial charge in [-0.25, -0.2) is 4.79 Å². The van der Waals surface area contributed by atoms with Gasteiger partial charge in [-0.15, -0.1) is 0 Å². The molecule has 1 aliphatic heterocycles. The number of carboxylic acid groups (broad SMARTS) is 1. The molecule has 2 fully saturated rings. The summed E-state index contributed by atoms with van der Waals surface area (Å²) >= 11 is 0. The number of likely N-dealkylation sites (tertiary alicyclic amines) is 1. The number of rotatable bonds is 4. The largest absolute Gasteiger partial charge is 0.481 e. The number of nitrogens with one attached hydrogen (secondary N) is 1. The quantitative estimate of drug-likeness (QED) is 0.745. The molecule has 1 saturated carbocycles. The first-order valence-corrected chi connectivity index (χ1v) is 7.23. The summed E-state index contributed by atoms with van der Waals surface area (Å²) in [4.78, 5) is 36.5. The third kappa shape index (κ3) is 2.96. The maximum absolute atomic E-state index is 12.1. The van der Waals surface area contributed by atoms with E-state index in [0.717, 1.165) is 6.42 Å². The Bertz CT molecular complexity index is 447. The van der Waals surface area contributed by atoms with Crippen molar-refractivity contribution in [2.24, 2.45) is 17.3 Å². The van der Waals surface area contributed by atoms with Crippen LogP contribution in [-0.2, 0) is 14.3 Å². The average molecular weight is 298 g/mol. The third-order valence-electron chi connectivity index (χ3n) is 4.75. The van der Waals surface area contributed by atoms with Crippen LogP contribution in [0.3, 0.4) is 0 Å². The molecular weight excluding hydrogens is 276 g/mol. The predicted molar refractivity (Wildman–Crippen MR) is 73.6 cm³/mol. The molecule has 0 aromatic rings. The molecule has 0 bridgehead atoms. The van der Waals surface area contributed by atoms with E-state index in [1.165, 1.54) is 7.11 Å². The van der Waals surface area contributed by atoms with Crippen LogP contribution in [0.1, 0.15) is 26.2 Å². The number of aliphatic carboxylic acids is 1. The Morgan fingerprint density at radius 2 is 2.00 bits per heavy atom. The number of nitrogens with zero attached hydrogens (tertiary/aromatic N) is 1. The highest BCUT2D eigenvalue weighted by molar-refractivity contribution is 5.80. The molecule has 7 heteroatoms. The summed E-state index contributed by atoms with van der Waals surface area (Å²) in [6.45, 7) is 2.85. The van der Waals surface area contributed by atoms with Crippen LogP contribution in [0.25, 0.3) is 0 Å². The first-order chi connectivity index (χ1) is 9.89. The lowest BCUT2D eigenvalue weighted by molar-refractivity contribution is -0.153. The number of methoxy groups -OCH3 is 1. The first-order valence-electron chi connectivity index (χ1n) is 7.23. The molecule has 2 rings (SSSR count). The molecule has 1 saturated heterocycles. The second-order valence-electron chi connectivity index (χ2n) is 6.11. The highest BCUT2D eigenvalue weighted by Crippen LogP contribution is 2.40. The normalized spacial score (nSPS) is 26.9. The van der Waals surface area contributed by atoms with Crippen LogP contribution in [-0.4, -0.2) is 54.7 Å². The number of amides is 2. The maximum Gasteiger partial charge on any atom is 0.317 e. The van der Waals surface area contributed by atoms with Crippen LogP contribution in [0.15, 0.2) is 0 Å². The lowest BCUT2D eigenvalue weighted by Crippen LogP contribution is -2.50. The van der Waals surface area contributed by atoms with Crippen molar-refractivity contribution < 1.29 is 24.2 Å². The molecule has 1 heterocycles. The van der Waals surface area contributed by atoms with Gasteiger partial charge in [-0.05, 0) is 18.8 Å². The number of carbonyl (C=O) groups excluding carboxylic acids is 2. The van der Waals surface area contributed by atoms with Crippen molar-refractivity contribution in [1.29, 1.82) is 0 Å². The van der Waals surface area contributed by atoms with Crippen LogP contribution in [0.4, 0.5) is 4.79 Å². The molecule has 7 nitrogen and oxygen atoms in total. The van der Waals surface area contributed by atoms with E-state index in [-0.39, 0.29) is 30.4 Å². The van der Waals surface area contributed by atoms with Crippen molar-refractivity contribution in [3.63, 3.8) is 0 Å². The van der Waals surface area contributed by atoms with Gasteiger partial charge in [0.1, 0.15) is 0 Å². The van der Waals surface area contributed by atoms with E-state index >= 15 is 0 Å². The highest BCUT2D eigenvalue weighted by atomic mass is 16.5. The van der Waals surface area contributed by atoms with E-state index in [1.807, 2.05) is 6.92 Å². The second-order valence-corrected chi connectivity index (χ2v) is 6.11. The summed E-state index contributed by atoms with van der Waals surface area (Å²) in [5.41, 5.74) is -0.803. The summed E-state index contributed by atoms with van der Waals surface area (Å²) in [5, 5.41) is 11.9. The van der Waals surface area contributed by atoms with E-state index in [4.69, 9.17) is 4.74 Å². The Balaban J connectivity index is 1.87. The summed E-state index contributed by atoms with van der Waals surface area (Å²) in [5.74, 6) is -1.42. The molecule has 2 amide bonds. The summed E-state index contributed by atoms with van der Waals surface area (Å²) < 4.78 is 4.73. The van der Waals surface area contributed by atoms with Crippen LogP contribution in [0, 0.1) is 17.3 Å².